The van der Waals surface area contributed by atoms with Crippen LogP contribution in [0.15, 0.2) is 30.3 Å². The van der Waals surface area contributed by atoms with E-state index in [4.69, 9.17) is 5.73 Å². The maximum atomic E-state index is 11.6. The van der Waals surface area contributed by atoms with E-state index < -0.39 is 0 Å². The Kier molecular flexibility index (Phi) is 5.70. The van der Waals surface area contributed by atoms with Crippen LogP contribution in [0.2, 0.25) is 0 Å². The predicted molar refractivity (Wildman–Crippen MR) is 70.6 cm³/mol. The summed E-state index contributed by atoms with van der Waals surface area (Å²) in [7, 11) is 0. The molecule has 0 aliphatic heterocycles. The zero-order chi connectivity index (χ0) is 12.7. The number of amides is 1. The van der Waals surface area contributed by atoms with Crippen molar-refractivity contribution < 1.29 is 4.79 Å². The first kappa shape index (κ1) is 13.7. The van der Waals surface area contributed by atoms with Crippen LogP contribution in [0, 0.1) is 5.92 Å². The highest BCUT2D eigenvalue weighted by Crippen LogP contribution is 2.02. The van der Waals surface area contributed by atoms with E-state index in [2.05, 4.69) is 17.4 Å². The highest BCUT2D eigenvalue weighted by molar-refractivity contribution is 5.76. The standard InChI is InChI=1S/C14H22N2O/c1-11(2)13(15)10-14(17)16-9-8-12-6-4-3-5-7-12/h3-7,11,13H,8-10,15H2,1-2H3,(H,16,17). The average Bonchev–Trinajstić information content (AvgIpc) is 2.30. The van der Waals surface area contributed by atoms with Gasteiger partial charge in [-0.05, 0) is 17.9 Å². The number of nitrogens with one attached hydrogen (secondary N) is 1. The van der Waals surface area contributed by atoms with Crippen LogP contribution in [0.25, 0.3) is 0 Å². The lowest BCUT2D eigenvalue weighted by atomic mass is 10.0. The number of hydrogen-bond donors (Lipinski definition) is 2. The first-order chi connectivity index (χ1) is 8.09. The molecule has 1 amide bonds. The summed E-state index contributed by atoms with van der Waals surface area (Å²) in [5.74, 6) is 0.386. The molecule has 1 aromatic carbocycles. The Morgan fingerprint density at radius 3 is 2.53 bits per heavy atom. The van der Waals surface area contributed by atoms with Crippen molar-refractivity contribution in [3.8, 4) is 0 Å². The monoisotopic (exact) mass is 234 g/mol. The molecule has 0 aliphatic carbocycles. The summed E-state index contributed by atoms with van der Waals surface area (Å²) in [6.07, 6.45) is 1.27. The van der Waals surface area contributed by atoms with Gasteiger partial charge >= 0.3 is 0 Å². The molecule has 1 rings (SSSR count). The average molecular weight is 234 g/mol. The molecule has 3 nitrogen and oxygen atoms in total. The minimum absolute atomic E-state index is 0.0436. The molecule has 0 spiro atoms. The van der Waals surface area contributed by atoms with E-state index in [0.29, 0.717) is 18.9 Å². The summed E-state index contributed by atoms with van der Waals surface area (Å²) in [6.45, 7) is 4.73. The minimum Gasteiger partial charge on any atom is -0.356 e. The van der Waals surface area contributed by atoms with Crippen LogP contribution in [-0.2, 0) is 11.2 Å². The van der Waals surface area contributed by atoms with Crippen LogP contribution >= 0.6 is 0 Å². The van der Waals surface area contributed by atoms with Crippen molar-refractivity contribution in [1.82, 2.24) is 5.32 Å². The third-order valence-electron chi connectivity index (χ3n) is 2.86. The topological polar surface area (TPSA) is 55.1 Å². The largest absolute Gasteiger partial charge is 0.356 e. The molecule has 3 heteroatoms. The number of carbonyl (C=O) groups excluding carboxylic acids is 1. The van der Waals surface area contributed by atoms with E-state index in [1.165, 1.54) is 5.56 Å². The molecule has 0 radical (unpaired) electrons. The summed E-state index contributed by atoms with van der Waals surface area (Å²) in [5.41, 5.74) is 7.08. The Hall–Kier alpha value is -1.35. The molecule has 94 valence electrons. The SMILES string of the molecule is CC(C)C(N)CC(=O)NCCc1ccccc1. The van der Waals surface area contributed by atoms with Gasteiger partial charge in [0.05, 0.1) is 0 Å². The number of benzene rings is 1. The molecule has 3 N–H and O–H groups in total. The van der Waals surface area contributed by atoms with Crippen molar-refractivity contribution in [1.29, 1.82) is 0 Å². The molecule has 0 aliphatic rings. The fourth-order valence-electron chi connectivity index (χ4n) is 1.51. The maximum absolute atomic E-state index is 11.6. The first-order valence-electron chi connectivity index (χ1n) is 6.16. The van der Waals surface area contributed by atoms with Crippen molar-refractivity contribution in [2.75, 3.05) is 6.54 Å². The van der Waals surface area contributed by atoms with E-state index in [-0.39, 0.29) is 11.9 Å². The lowest BCUT2D eigenvalue weighted by Gasteiger charge is -2.14. The van der Waals surface area contributed by atoms with Crippen LogP contribution in [0.5, 0.6) is 0 Å². The fourth-order valence-corrected chi connectivity index (χ4v) is 1.51. The number of nitrogens with two attached hydrogens (primary N) is 1. The van der Waals surface area contributed by atoms with Crippen molar-refractivity contribution in [2.45, 2.75) is 32.7 Å². The minimum atomic E-state index is -0.0493. The van der Waals surface area contributed by atoms with Gasteiger partial charge in [0.2, 0.25) is 5.91 Å². The molecule has 17 heavy (non-hydrogen) atoms. The Morgan fingerprint density at radius 1 is 1.29 bits per heavy atom. The quantitative estimate of drug-likeness (QED) is 0.787. The zero-order valence-electron chi connectivity index (χ0n) is 10.6. The highest BCUT2D eigenvalue weighted by Gasteiger charge is 2.12. The van der Waals surface area contributed by atoms with Gasteiger partial charge in [-0.3, -0.25) is 4.79 Å². The zero-order valence-corrected chi connectivity index (χ0v) is 10.6. The van der Waals surface area contributed by atoms with E-state index >= 15 is 0 Å². The molecular formula is C14H22N2O. The molecule has 0 bridgehead atoms. The molecular weight excluding hydrogens is 212 g/mol. The normalized spacial score (nSPS) is 12.5. The van der Waals surface area contributed by atoms with Gasteiger partial charge in [-0.1, -0.05) is 44.2 Å². The number of hydrogen-bond acceptors (Lipinski definition) is 2. The molecule has 1 unspecified atom stereocenters. The predicted octanol–water partition coefficient (Wildman–Crippen LogP) is 1.72. The Labute approximate surface area is 103 Å². The van der Waals surface area contributed by atoms with E-state index in [1.54, 1.807) is 0 Å². The first-order valence-corrected chi connectivity index (χ1v) is 6.16. The summed E-state index contributed by atoms with van der Waals surface area (Å²) in [5, 5.41) is 2.90. The summed E-state index contributed by atoms with van der Waals surface area (Å²) >= 11 is 0. The van der Waals surface area contributed by atoms with Crippen molar-refractivity contribution >= 4 is 5.91 Å². The summed E-state index contributed by atoms with van der Waals surface area (Å²) < 4.78 is 0. The van der Waals surface area contributed by atoms with Gasteiger partial charge in [0.15, 0.2) is 0 Å². The van der Waals surface area contributed by atoms with Crippen LogP contribution in [0.4, 0.5) is 0 Å². The molecule has 1 aromatic rings. The van der Waals surface area contributed by atoms with Gasteiger partial charge < -0.3 is 11.1 Å². The Balaban J connectivity index is 2.21. The third-order valence-corrected chi connectivity index (χ3v) is 2.86. The molecule has 0 fully saturated rings. The lowest BCUT2D eigenvalue weighted by molar-refractivity contribution is -0.121. The van der Waals surface area contributed by atoms with Gasteiger partial charge in [-0.2, -0.15) is 0 Å². The maximum Gasteiger partial charge on any atom is 0.221 e. The van der Waals surface area contributed by atoms with E-state index in [9.17, 15) is 4.79 Å². The second kappa shape index (κ2) is 7.07. The summed E-state index contributed by atoms with van der Waals surface area (Å²) in [6, 6.07) is 10.1. The molecule has 0 heterocycles. The number of rotatable bonds is 6. The van der Waals surface area contributed by atoms with Crippen molar-refractivity contribution in [3.05, 3.63) is 35.9 Å². The van der Waals surface area contributed by atoms with Gasteiger partial charge in [-0.25, -0.2) is 0 Å². The highest BCUT2D eigenvalue weighted by atomic mass is 16.1. The van der Waals surface area contributed by atoms with Crippen LogP contribution in [-0.4, -0.2) is 18.5 Å². The third kappa shape index (κ3) is 5.50. The molecule has 1 atom stereocenters. The summed E-state index contributed by atoms with van der Waals surface area (Å²) in [4.78, 5) is 11.6. The van der Waals surface area contributed by atoms with E-state index in [0.717, 1.165) is 6.42 Å². The smallest absolute Gasteiger partial charge is 0.221 e. The second-order valence-electron chi connectivity index (χ2n) is 4.70. The van der Waals surface area contributed by atoms with Gasteiger partial charge in [0.1, 0.15) is 0 Å². The van der Waals surface area contributed by atoms with Crippen LogP contribution in [0.3, 0.4) is 0 Å². The molecule has 0 saturated heterocycles. The van der Waals surface area contributed by atoms with Gasteiger partial charge in [0, 0.05) is 19.0 Å². The Morgan fingerprint density at radius 2 is 1.94 bits per heavy atom. The fraction of sp³-hybridized carbons (Fsp3) is 0.500. The van der Waals surface area contributed by atoms with Crippen molar-refractivity contribution in [3.63, 3.8) is 0 Å². The number of carbonyl (C=O) groups is 1. The molecule has 0 aromatic heterocycles. The second-order valence-corrected chi connectivity index (χ2v) is 4.70. The van der Waals surface area contributed by atoms with Gasteiger partial charge in [0.25, 0.3) is 0 Å². The lowest BCUT2D eigenvalue weighted by Crippen LogP contribution is -2.35. The molecule has 0 saturated carbocycles. The van der Waals surface area contributed by atoms with Crippen LogP contribution < -0.4 is 11.1 Å². The van der Waals surface area contributed by atoms with Crippen molar-refractivity contribution in [2.24, 2.45) is 11.7 Å². The van der Waals surface area contributed by atoms with Gasteiger partial charge in [-0.15, -0.1) is 0 Å². The van der Waals surface area contributed by atoms with Crippen LogP contribution in [0.1, 0.15) is 25.8 Å². The van der Waals surface area contributed by atoms with E-state index in [1.807, 2.05) is 32.0 Å². The Bertz CT molecular complexity index is 335.